The van der Waals surface area contributed by atoms with Crippen LogP contribution in [0.1, 0.15) is 18.2 Å². The van der Waals surface area contributed by atoms with Crippen molar-refractivity contribution in [3.63, 3.8) is 0 Å². The van der Waals surface area contributed by atoms with Crippen LogP contribution in [0.5, 0.6) is 0 Å². The van der Waals surface area contributed by atoms with E-state index < -0.39 is 50.8 Å². The lowest BCUT2D eigenvalue weighted by Crippen LogP contribution is -2.33. The molecule has 4 atom stereocenters. The maximum atomic E-state index is 13.7. The fourth-order valence-electron chi connectivity index (χ4n) is 3.76. The molecule has 0 amide bonds. The summed E-state index contributed by atoms with van der Waals surface area (Å²) in [6, 6.07) is 3.11. The minimum absolute atomic E-state index is 0.0801. The van der Waals surface area contributed by atoms with Crippen molar-refractivity contribution >= 4 is 30.5 Å². The molecular formula is C16H20ClF2N4O7P. The summed E-state index contributed by atoms with van der Waals surface area (Å²) in [5.41, 5.74) is 0.652. The van der Waals surface area contributed by atoms with E-state index in [1.54, 1.807) is 6.07 Å². The zero-order valence-electron chi connectivity index (χ0n) is 15.9. The number of aliphatic hydroxyl groups excluding tert-OH is 2. The zero-order chi connectivity index (χ0) is 22.6. The van der Waals surface area contributed by atoms with Crippen LogP contribution in [0, 0.1) is 0 Å². The van der Waals surface area contributed by atoms with E-state index in [0.717, 1.165) is 0 Å². The maximum Gasteiger partial charge on any atom is 0.350 e. The van der Waals surface area contributed by atoms with Gasteiger partial charge >= 0.3 is 7.60 Å². The number of hydrogen-bond donors (Lipinski definition) is 4. The van der Waals surface area contributed by atoms with Gasteiger partial charge in [-0.3, -0.25) is 4.57 Å². The lowest BCUT2D eigenvalue weighted by atomic mass is 10.1. The normalized spacial score (nSPS) is 28.7. The summed E-state index contributed by atoms with van der Waals surface area (Å²) >= 11 is 6.01. The SMILES string of the molecule is O=P(O)(O)COC[C@H]1OC(c2ccc3c(N4CCC(F)(F)C4)nc(Cl)nn23)[C@H](O)[C@@H]1O. The third kappa shape index (κ3) is 4.69. The molecule has 0 bridgehead atoms. The van der Waals surface area contributed by atoms with E-state index >= 15 is 0 Å². The van der Waals surface area contributed by atoms with Gasteiger partial charge in [-0.05, 0) is 23.7 Å². The molecule has 2 aliphatic heterocycles. The molecule has 172 valence electrons. The molecule has 1 unspecified atom stereocenters. The second kappa shape index (κ2) is 8.16. The van der Waals surface area contributed by atoms with Crippen molar-refractivity contribution in [1.29, 1.82) is 0 Å². The summed E-state index contributed by atoms with van der Waals surface area (Å²) in [5, 5.41) is 24.6. The van der Waals surface area contributed by atoms with E-state index in [1.807, 2.05) is 0 Å². The van der Waals surface area contributed by atoms with Gasteiger partial charge in [-0.2, -0.15) is 4.98 Å². The third-order valence-corrected chi connectivity index (χ3v) is 5.84. The molecule has 2 aromatic heterocycles. The molecule has 31 heavy (non-hydrogen) atoms. The van der Waals surface area contributed by atoms with Crippen molar-refractivity contribution in [3.8, 4) is 0 Å². The Morgan fingerprint density at radius 2 is 2.06 bits per heavy atom. The number of ether oxygens (including phenoxy) is 2. The van der Waals surface area contributed by atoms with Crippen LogP contribution in [0.4, 0.5) is 14.6 Å². The predicted octanol–water partition coefficient (Wildman–Crippen LogP) is 0.542. The highest BCUT2D eigenvalue weighted by molar-refractivity contribution is 7.51. The van der Waals surface area contributed by atoms with Gasteiger partial charge in [-0.15, -0.1) is 5.10 Å². The molecule has 0 aromatic carbocycles. The molecule has 11 nitrogen and oxygen atoms in total. The molecule has 0 saturated carbocycles. The number of alkyl halides is 2. The summed E-state index contributed by atoms with van der Waals surface area (Å²) in [6.45, 7) is -0.805. The van der Waals surface area contributed by atoms with Gasteiger partial charge in [-0.25, -0.2) is 13.3 Å². The Morgan fingerprint density at radius 1 is 1.32 bits per heavy atom. The Kier molecular flexibility index (Phi) is 5.99. The van der Waals surface area contributed by atoms with Crippen LogP contribution in [0.3, 0.4) is 0 Å². The molecule has 2 saturated heterocycles. The molecule has 15 heteroatoms. The molecule has 0 radical (unpaired) electrons. The maximum absolute atomic E-state index is 13.7. The molecule has 2 fully saturated rings. The summed E-state index contributed by atoms with van der Waals surface area (Å²) in [6.07, 6.45) is -6.13. The first-order chi connectivity index (χ1) is 14.5. The second-order valence-electron chi connectivity index (χ2n) is 7.53. The van der Waals surface area contributed by atoms with Gasteiger partial charge < -0.3 is 34.4 Å². The highest BCUT2D eigenvalue weighted by atomic mass is 35.5. The Labute approximate surface area is 179 Å². The number of aliphatic hydroxyl groups is 2. The number of hydrogen-bond acceptors (Lipinski definition) is 8. The van der Waals surface area contributed by atoms with E-state index in [1.165, 1.54) is 15.5 Å². The number of anilines is 1. The van der Waals surface area contributed by atoms with Gasteiger partial charge in [0.25, 0.3) is 5.92 Å². The molecule has 2 aromatic rings. The van der Waals surface area contributed by atoms with Crippen molar-refractivity contribution in [2.45, 2.75) is 36.8 Å². The first-order valence-electron chi connectivity index (χ1n) is 9.27. The predicted molar refractivity (Wildman–Crippen MR) is 102 cm³/mol. The minimum Gasteiger partial charge on any atom is -0.387 e. The van der Waals surface area contributed by atoms with Crippen LogP contribution < -0.4 is 4.90 Å². The molecule has 4 heterocycles. The van der Waals surface area contributed by atoms with Gasteiger partial charge in [0.05, 0.1) is 18.8 Å². The average Bonchev–Trinajstić information content (AvgIpc) is 3.31. The van der Waals surface area contributed by atoms with Crippen molar-refractivity contribution in [1.82, 2.24) is 14.6 Å². The average molecular weight is 485 g/mol. The first-order valence-corrected chi connectivity index (χ1v) is 11.4. The van der Waals surface area contributed by atoms with Gasteiger partial charge in [0, 0.05) is 13.0 Å². The lowest BCUT2D eigenvalue weighted by Gasteiger charge is -2.19. The van der Waals surface area contributed by atoms with Gasteiger partial charge in [0.1, 0.15) is 36.3 Å². The number of fused-ring (bicyclic) bond motifs is 1. The van der Waals surface area contributed by atoms with Crippen LogP contribution in [-0.2, 0) is 14.0 Å². The fraction of sp³-hybridized carbons (Fsp3) is 0.625. The van der Waals surface area contributed by atoms with Gasteiger partial charge in [-0.1, -0.05) is 0 Å². The Bertz CT molecular complexity index is 1020. The van der Waals surface area contributed by atoms with Crippen molar-refractivity contribution in [3.05, 3.63) is 23.1 Å². The van der Waals surface area contributed by atoms with E-state index in [-0.39, 0.29) is 36.4 Å². The summed E-state index contributed by atoms with van der Waals surface area (Å²) in [7, 11) is -4.40. The third-order valence-electron chi connectivity index (χ3n) is 5.16. The van der Waals surface area contributed by atoms with E-state index in [0.29, 0.717) is 5.52 Å². The number of halogens is 3. The smallest absolute Gasteiger partial charge is 0.350 e. The van der Waals surface area contributed by atoms with E-state index in [9.17, 15) is 23.6 Å². The summed E-state index contributed by atoms with van der Waals surface area (Å²) < 4.78 is 50.1. The summed E-state index contributed by atoms with van der Waals surface area (Å²) in [4.78, 5) is 23.2. The van der Waals surface area contributed by atoms with Gasteiger partial charge in [0.15, 0.2) is 5.82 Å². The van der Waals surface area contributed by atoms with Crippen molar-refractivity contribution in [2.24, 2.45) is 0 Å². The first kappa shape index (κ1) is 22.7. The number of nitrogens with zero attached hydrogens (tertiary/aromatic N) is 4. The van der Waals surface area contributed by atoms with Crippen molar-refractivity contribution in [2.75, 3.05) is 30.9 Å². The topological polar surface area (TPSA) is 150 Å². The zero-order valence-corrected chi connectivity index (χ0v) is 17.5. The lowest BCUT2D eigenvalue weighted by molar-refractivity contribution is -0.0402. The molecule has 0 spiro atoms. The van der Waals surface area contributed by atoms with Crippen LogP contribution >= 0.6 is 19.2 Å². The quantitative estimate of drug-likeness (QED) is 0.428. The van der Waals surface area contributed by atoms with Crippen LogP contribution in [0.25, 0.3) is 5.52 Å². The molecule has 2 aliphatic rings. The van der Waals surface area contributed by atoms with Crippen LogP contribution in [0.2, 0.25) is 5.28 Å². The molecule has 4 rings (SSSR count). The minimum atomic E-state index is -4.40. The summed E-state index contributed by atoms with van der Waals surface area (Å²) in [5.74, 6) is -2.64. The molecular weight excluding hydrogens is 465 g/mol. The number of aromatic nitrogens is 3. The second-order valence-corrected chi connectivity index (χ2v) is 9.45. The highest BCUT2D eigenvalue weighted by Crippen LogP contribution is 2.38. The Balaban J connectivity index is 1.59. The standard InChI is InChI=1S/C16H20ClF2N4O7P/c17-15-20-14(22-4-3-16(18,19)6-22)9-2-1-8(23(9)21-15)13-12(25)11(24)10(30-13)5-29-7-31(26,27)28/h1-2,10-13,24-25H,3-7H2,(H2,26,27,28)/t10-,11-,12-,13?/m1/s1. The van der Waals surface area contributed by atoms with Crippen LogP contribution in [0.15, 0.2) is 12.1 Å². The van der Waals surface area contributed by atoms with Gasteiger partial charge in [0.2, 0.25) is 5.28 Å². The monoisotopic (exact) mass is 484 g/mol. The fourth-order valence-corrected chi connectivity index (χ4v) is 4.26. The Morgan fingerprint density at radius 3 is 2.71 bits per heavy atom. The Hall–Kier alpha value is -1.44. The largest absolute Gasteiger partial charge is 0.387 e. The van der Waals surface area contributed by atoms with E-state index in [2.05, 4.69) is 10.1 Å². The molecule has 4 N–H and O–H groups in total. The van der Waals surface area contributed by atoms with E-state index in [4.69, 9.17) is 30.9 Å². The molecule has 0 aliphatic carbocycles. The van der Waals surface area contributed by atoms with Crippen molar-refractivity contribution < 1.29 is 42.8 Å². The number of rotatable bonds is 6. The highest BCUT2D eigenvalue weighted by Gasteiger charge is 2.45. The van der Waals surface area contributed by atoms with Crippen LogP contribution in [-0.4, -0.2) is 84.9 Å².